The monoisotopic (exact) mass is 397 g/mol. The summed E-state index contributed by atoms with van der Waals surface area (Å²) in [5.41, 5.74) is 0. The summed E-state index contributed by atoms with van der Waals surface area (Å²) in [4.78, 5) is 58.4. The van der Waals surface area contributed by atoms with E-state index in [1.807, 2.05) is 13.8 Å². The van der Waals surface area contributed by atoms with Gasteiger partial charge in [-0.05, 0) is 18.8 Å². The van der Waals surface area contributed by atoms with Crippen molar-refractivity contribution in [2.75, 3.05) is 13.1 Å². The van der Waals surface area contributed by atoms with Crippen LogP contribution < -0.4 is 10.6 Å². The van der Waals surface area contributed by atoms with E-state index in [1.54, 1.807) is 13.8 Å². The van der Waals surface area contributed by atoms with Gasteiger partial charge in [-0.15, -0.1) is 0 Å². The van der Waals surface area contributed by atoms with Crippen molar-refractivity contribution in [3.05, 3.63) is 12.2 Å². The van der Waals surface area contributed by atoms with E-state index in [-0.39, 0.29) is 30.1 Å². The van der Waals surface area contributed by atoms with Crippen LogP contribution in [-0.4, -0.2) is 58.7 Å². The number of carboxylic acid groups (broad SMARTS) is 1. The Labute approximate surface area is 165 Å². The molecule has 0 aromatic heterocycles. The van der Waals surface area contributed by atoms with Crippen LogP contribution in [0.25, 0.3) is 0 Å². The first kappa shape index (κ1) is 25.3. The van der Waals surface area contributed by atoms with Crippen LogP contribution in [0.3, 0.4) is 0 Å². The molecule has 0 aromatic rings. The minimum absolute atomic E-state index is 0.188. The lowest BCUT2D eigenvalue weighted by Crippen LogP contribution is -2.50. The van der Waals surface area contributed by atoms with Gasteiger partial charge in [-0.1, -0.05) is 34.1 Å². The summed E-state index contributed by atoms with van der Waals surface area (Å²) < 4.78 is 0. The first-order valence-electron chi connectivity index (χ1n) is 9.54. The van der Waals surface area contributed by atoms with Crippen molar-refractivity contribution in [3.8, 4) is 0 Å². The SMILES string of the molecule is CC.CC(C)C(NC(=O)CCCCCN1C(=O)C=CC1=O)C(=O)NCC(=O)O. The molecule has 0 saturated carbocycles. The summed E-state index contributed by atoms with van der Waals surface area (Å²) in [6.07, 6.45) is 4.47. The highest BCUT2D eigenvalue weighted by Gasteiger charge is 2.24. The number of unbranched alkanes of at least 4 members (excludes halogenated alkanes) is 2. The Morgan fingerprint density at radius 1 is 1.04 bits per heavy atom. The number of carboxylic acids is 1. The van der Waals surface area contributed by atoms with Crippen molar-refractivity contribution in [3.63, 3.8) is 0 Å². The molecule has 0 fully saturated rings. The largest absolute Gasteiger partial charge is 0.480 e. The summed E-state index contributed by atoms with van der Waals surface area (Å²) in [5.74, 6) is -2.82. The Morgan fingerprint density at radius 2 is 1.61 bits per heavy atom. The molecule has 158 valence electrons. The first-order chi connectivity index (χ1) is 13.2. The molecule has 0 bridgehead atoms. The van der Waals surface area contributed by atoms with Gasteiger partial charge in [-0.3, -0.25) is 28.9 Å². The second kappa shape index (κ2) is 13.5. The van der Waals surface area contributed by atoms with Crippen LogP contribution in [0.1, 0.15) is 53.4 Å². The molecule has 9 heteroatoms. The summed E-state index contributed by atoms with van der Waals surface area (Å²) in [6.45, 7) is 7.33. The van der Waals surface area contributed by atoms with Crippen LogP contribution in [0.4, 0.5) is 0 Å². The molecule has 0 saturated heterocycles. The second-order valence-electron chi connectivity index (χ2n) is 6.37. The molecule has 1 heterocycles. The maximum atomic E-state index is 12.0. The molecular formula is C19H31N3O6. The Morgan fingerprint density at radius 3 is 2.11 bits per heavy atom. The third-order valence-electron chi connectivity index (χ3n) is 3.87. The van der Waals surface area contributed by atoms with Crippen LogP contribution in [0.5, 0.6) is 0 Å². The average Bonchev–Trinajstić information content (AvgIpc) is 2.97. The first-order valence-corrected chi connectivity index (χ1v) is 9.54. The van der Waals surface area contributed by atoms with E-state index in [1.165, 1.54) is 12.2 Å². The van der Waals surface area contributed by atoms with Gasteiger partial charge in [0, 0.05) is 25.1 Å². The summed E-state index contributed by atoms with van der Waals surface area (Å²) in [7, 11) is 0. The van der Waals surface area contributed by atoms with Gasteiger partial charge in [-0.25, -0.2) is 0 Å². The fraction of sp³-hybridized carbons (Fsp3) is 0.632. The van der Waals surface area contributed by atoms with Gasteiger partial charge in [0.15, 0.2) is 0 Å². The molecule has 3 N–H and O–H groups in total. The lowest BCUT2D eigenvalue weighted by molar-refractivity contribution is -0.139. The topological polar surface area (TPSA) is 133 Å². The van der Waals surface area contributed by atoms with E-state index in [4.69, 9.17) is 5.11 Å². The second-order valence-corrected chi connectivity index (χ2v) is 6.37. The molecule has 0 aromatic carbocycles. The standard InChI is InChI=1S/C17H25N3O6.C2H6/c1-11(2)16(17(26)18-10-15(24)25)19-12(21)6-4-3-5-9-20-13(22)7-8-14(20)23;1-2/h7-8,11,16H,3-6,9-10H2,1-2H3,(H,18,26)(H,19,21)(H,24,25);1-2H3. The van der Waals surface area contributed by atoms with E-state index in [2.05, 4.69) is 10.6 Å². The van der Waals surface area contributed by atoms with Gasteiger partial charge in [0.1, 0.15) is 12.6 Å². The number of nitrogens with zero attached hydrogens (tertiary/aromatic N) is 1. The van der Waals surface area contributed by atoms with Crippen LogP contribution >= 0.6 is 0 Å². The zero-order chi connectivity index (χ0) is 21.7. The van der Waals surface area contributed by atoms with E-state index in [0.717, 1.165) is 4.90 Å². The minimum atomic E-state index is -1.16. The summed E-state index contributed by atoms with van der Waals surface area (Å²) in [6, 6.07) is -0.798. The van der Waals surface area contributed by atoms with Crippen LogP contribution in [0, 0.1) is 5.92 Å². The van der Waals surface area contributed by atoms with Gasteiger partial charge in [0.25, 0.3) is 11.8 Å². The molecular weight excluding hydrogens is 366 g/mol. The molecule has 1 unspecified atom stereocenters. The van der Waals surface area contributed by atoms with Crippen LogP contribution in [-0.2, 0) is 24.0 Å². The third-order valence-corrected chi connectivity index (χ3v) is 3.87. The van der Waals surface area contributed by atoms with Gasteiger partial charge in [0.2, 0.25) is 11.8 Å². The Kier molecular flexibility index (Phi) is 12.2. The number of carbonyl (C=O) groups is 5. The molecule has 0 radical (unpaired) electrons. The number of hydrogen-bond donors (Lipinski definition) is 3. The fourth-order valence-corrected chi connectivity index (χ4v) is 2.44. The minimum Gasteiger partial charge on any atom is -0.480 e. The Balaban J connectivity index is 0.00000352. The molecule has 9 nitrogen and oxygen atoms in total. The molecule has 1 rings (SSSR count). The van der Waals surface area contributed by atoms with Crippen molar-refractivity contribution in [2.45, 2.75) is 59.4 Å². The normalized spacial score (nSPS) is 13.8. The Hall–Kier alpha value is -2.71. The number of amides is 4. The molecule has 28 heavy (non-hydrogen) atoms. The van der Waals surface area contributed by atoms with Gasteiger partial charge in [0.05, 0.1) is 0 Å². The van der Waals surface area contributed by atoms with Crippen molar-refractivity contribution < 1.29 is 29.1 Å². The molecule has 1 aliphatic heterocycles. The molecule has 4 amide bonds. The molecule has 0 aliphatic carbocycles. The highest BCUT2D eigenvalue weighted by Crippen LogP contribution is 2.08. The van der Waals surface area contributed by atoms with E-state index >= 15 is 0 Å². The summed E-state index contributed by atoms with van der Waals surface area (Å²) in [5, 5.41) is 13.5. The predicted octanol–water partition coefficient (Wildman–Crippen LogP) is 0.840. The maximum Gasteiger partial charge on any atom is 0.322 e. The average molecular weight is 397 g/mol. The van der Waals surface area contributed by atoms with E-state index in [9.17, 15) is 24.0 Å². The van der Waals surface area contributed by atoms with Crippen molar-refractivity contribution >= 4 is 29.6 Å². The van der Waals surface area contributed by atoms with Crippen LogP contribution in [0.15, 0.2) is 12.2 Å². The fourth-order valence-electron chi connectivity index (χ4n) is 2.44. The third kappa shape index (κ3) is 9.29. The van der Waals surface area contributed by atoms with Crippen LogP contribution in [0.2, 0.25) is 0 Å². The highest BCUT2D eigenvalue weighted by molar-refractivity contribution is 6.12. The zero-order valence-electron chi connectivity index (χ0n) is 17.0. The van der Waals surface area contributed by atoms with Crippen molar-refractivity contribution in [1.82, 2.24) is 15.5 Å². The molecule has 0 spiro atoms. The van der Waals surface area contributed by atoms with Gasteiger partial charge in [-0.2, -0.15) is 0 Å². The van der Waals surface area contributed by atoms with E-state index < -0.39 is 24.5 Å². The van der Waals surface area contributed by atoms with Crippen molar-refractivity contribution in [1.29, 1.82) is 0 Å². The predicted molar refractivity (Wildman–Crippen MR) is 103 cm³/mol. The number of imide groups is 1. The smallest absolute Gasteiger partial charge is 0.322 e. The number of carbonyl (C=O) groups excluding carboxylic acids is 4. The molecule has 1 aliphatic rings. The number of nitrogens with one attached hydrogen (secondary N) is 2. The number of rotatable bonds is 11. The maximum absolute atomic E-state index is 12.0. The van der Waals surface area contributed by atoms with Crippen molar-refractivity contribution in [2.24, 2.45) is 5.92 Å². The summed E-state index contributed by atoms with van der Waals surface area (Å²) >= 11 is 0. The van der Waals surface area contributed by atoms with E-state index in [0.29, 0.717) is 25.8 Å². The zero-order valence-corrected chi connectivity index (χ0v) is 17.0. The van der Waals surface area contributed by atoms with Gasteiger partial charge < -0.3 is 15.7 Å². The number of hydrogen-bond acceptors (Lipinski definition) is 5. The highest BCUT2D eigenvalue weighted by atomic mass is 16.4. The lowest BCUT2D eigenvalue weighted by atomic mass is 10.0. The lowest BCUT2D eigenvalue weighted by Gasteiger charge is -2.21. The quantitative estimate of drug-likeness (QED) is 0.349. The Bertz CT molecular complexity index is 582. The molecule has 1 atom stereocenters. The number of aliphatic carboxylic acids is 1. The van der Waals surface area contributed by atoms with Gasteiger partial charge >= 0.3 is 5.97 Å².